The molecule has 1 heterocycles. The van der Waals surface area contributed by atoms with Gasteiger partial charge >= 0.3 is 12.3 Å². The quantitative estimate of drug-likeness (QED) is 0.845. The Kier molecular flexibility index (Phi) is 4.82. The second-order valence-electron chi connectivity index (χ2n) is 3.35. The zero-order valence-corrected chi connectivity index (χ0v) is 10.4. The van der Waals surface area contributed by atoms with E-state index < -0.39 is 30.2 Å². The molecular weight excluding hydrogens is 291 g/mol. The molecule has 9 heteroatoms. The van der Waals surface area contributed by atoms with Gasteiger partial charge in [0, 0.05) is 5.56 Å². The van der Waals surface area contributed by atoms with Crippen LogP contribution in [0.2, 0.25) is 0 Å². The first-order valence-corrected chi connectivity index (χ1v) is 5.40. The molecule has 0 saturated heterocycles. The molecule has 1 aromatic rings. The smallest absolute Gasteiger partial charge is 0.481 e. The molecule has 1 aromatic heterocycles. The van der Waals surface area contributed by atoms with Crippen molar-refractivity contribution in [2.45, 2.75) is 18.7 Å². The summed E-state index contributed by atoms with van der Waals surface area (Å²) in [5, 5.41) is 8.64. The fourth-order valence-electron chi connectivity index (χ4n) is 1.31. The summed E-state index contributed by atoms with van der Waals surface area (Å²) < 4.78 is 45.2. The number of pyridine rings is 1. The standard InChI is InChI=1S/C10H9ClF3NO4/c1-18-9-5(4-11)2-7(19-10(12,13)14)6(15-9)3-8(16)17/h2H,3-4H2,1H3,(H,16,17). The van der Waals surface area contributed by atoms with Crippen LogP contribution in [0.15, 0.2) is 6.07 Å². The lowest BCUT2D eigenvalue weighted by molar-refractivity contribution is -0.275. The van der Waals surface area contributed by atoms with Crippen molar-refractivity contribution in [2.75, 3.05) is 7.11 Å². The van der Waals surface area contributed by atoms with Crippen molar-refractivity contribution in [2.24, 2.45) is 0 Å². The van der Waals surface area contributed by atoms with Gasteiger partial charge in [0.05, 0.1) is 25.1 Å². The van der Waals surface area contributed by atoms with E-state index in [1.165, 1.54) is 7.11 Å². The third-order valence-electron chi connectivity index (χ3n) is 1.98. The first-order chi connectivity index (χ1) is 8.76. The van der Waals surface area contributed by atoms with E-state index in [1.807, 2.05) is 0 Å². The minimum Gasteiger partial charge on any atom is -0.481 e. The second kappa shape index (κ2) is 5.96. The molecule has 19 heavy (non-hydrogen) atoms. The second-order valence-corrected chi connectivity index (χ2v) is 3.62. The van der Waals surface area contributed by atoms with Crippen LogP contribution in [-0.2, 0) is 17.1 Å². The number of methoxy groups -OCH3 is 1. The highest BCUT2D eigenvalue weighted by Gasteiger charge is 2.33. The van der Waals surface area contributed by atoms with Gasteiger partial charge in [-0.15, -0.1) is 24.8 Å². The lowest BCUT2D eigenvalue weighted by Gasteiger charge is -2.14. The van der Waals surface area contributed by atoms with Crippen molar-refractivity contribution in [1.82, 2.24) is 4.98 Å². The van der Waals surface area contributed by atoms with Crippen LogP contribution < -0.4 is 9.47 Å². The highest BCUT2D eigenvalue weighted by atomic mass is 35.5. The van der Waals surface area contributed by atoms with E-state index in [-0.39, 0.29) is 17.3 Å². The van der Waals surface area contributed by atoms with Gasteiger partial charge in [0.25, 0.3) is 0 Å². The summed E-state index contributed by atoms with van der Waals surface area (Å²) in [6, 6.07) is 0.963. The van der Waals surface area contributed by atoms with Crippen LogP contribution in [0.3, 0.4) is 0 Å². The maximum atomic E-state index is 12.2. The summed E-state index contributed by atoms with van der Waals surface area (Å²) in [5.74, 6) is -2.25. The molecular formula is C10H9ClF3NO4. The molecule has 0 atom stereocenters. The van der Waals surface area contributed by atoms with Crippen molar-refractivity contribution in [3.05, 3.63) is 17.3 Å². The largest absolute Gasteiger partial charge is 0.573 e. The van der Waals surface area contributed by atoms with Crippen LogP contribution in [0, 0.1) is 0 Å². The lowest BCUT2D eigenvalue weighted by atomic mass is 10.2. The number of halogens is 4. The fraction of sp³-hybridized carbons (Fsp3) is 0.400. The summed E-state index contributed by atoms with van der Waals surface area (Å²) in [7, 11) is 1.24. The molecule has 0 fully saturated rings. The molecule has 0 amide bonds. The highest BCUT2D eigenvalue weighted by Crippen LogP contribution is 2.31. The minimum absolute atomic E-state index is 0.0409. The van der Waals surface area contributed by atoms with Crippen molar-refractivity contribution >= 4 is 17.6 Å². The third-order valence-corrected chi connectivity index (χ3v) is 2.27. The Morgan fingerprint density at radius 2 is 2.16 bits per heavy atom. The van der Waals surface area contributed by atoms with E-state index in [1.54, 1.807) is 0 Å². The molecule has 0 aromatic carbocycles. The van der Waals surface area contributed by atoms with Crippen molar-refractivity contribution in [1.29, 1.82) is 0 Å². The van der Waals surface area contributed by atoms with Crippen LogP contribution in [-0.4, -0.2) is 29.5 Å². The first-order valence-electron chi connectivity index (χ1n) is 4.87. The molecule has 0 spiro atoms. The number of alkyl halides is 4. The number of aliphatic carboxylic acids is 1. The van der Waals surface area contributed by atoms with Gasteiger partial charge in [-0.2, -0.15) is 0 Å². The highest BCUT2D eigenvalue weighted by molar-refractivity contribution is 6.17. The number of rotatable bonds is 5. The van der Waals surface area contributed by atoms with E-state index in [2.05, 4.69) is 9.72 Å². The Morgan fingerprint density at radius 1 is 1.53 bits per heavy atom. The summed E-state index contributed by atoms with van der Waals surface area (Å²) in [6.45, 7) is 0. The van der Waals surface area contributed by atoms with Crippen LogP contribution in [0.25, 0.3) is 0 Å². The Labute approximate surface area is 110 Å². The zero-order valence-electron chi connectivity index (χ0n) is 9.62. The first kappa shape index (κ1) is 15.4. The Hall–Kier alpha value is -1.70. The number of ether oxygens (including phenoxy) is 2. The van der Waals surface area contributed by atoms with Gasteiger partial charge in [0.2, 0.25) is 5.88 Å². The van der Waals surface area contributed by atoms with Crippen molar-refractivity contribution in [3.8, 4) is 11.6 Å². The number of carbonyl (C=O) groups is 1. The van der Waals surface area contributed by atoms with E-state index in [9.17, 15) is 18.0 Å². The summed E-state index contributed by atoms with van der Waals surface area (Å²) in [6.07, 6.45) is -5.68. The molecule has 0 radical (unpaired) electrons. The molecule has 0 aliphatic carbocycles. The predicted molar refractivity (Wildman–Crippen MR) is 58.4 cm³/mol. The Balaban J connectivity index is 3.27. The van der Waals surface area contributed by atoms with Crippen LogP contribution in [0.4, 0.5) is 13.2 Å². The molecule has 1 rings (SSSR count). The predicted octanol–water partition coefficient (Wildman–Crippen LogP) is 2.35. The van der Waals surface area contributed by atoms with Gasteiger partial charge in [0.1, 0.15) is 0 Å². The number of carboxylic acids is 1. The molecule has 5 nitrogen and oxygen atoms in total. The number of carboxylic acid groups (broad SMARTS) is 1. The zero-order chi connectivity index (χ0) is 14.6. The van der Waals surface area contributed by atoms with Gasteiger partial charge in [-0.25, -0.2) is 4.98 Å². The number of hydrogen-bond donors (Lipinski definition) is 1. The van der Waals surface area contributed by atoms with Gasteiger partial charge in [-0.3, -0.25) is 4.79 Å². The van der Waals surface area contributed by atoms with Crippen LogP contribution >= 0.6 is 11.6 Å². The average molecular weight is 300 g/mol. The topological polar surface area (TPSA) is 68.7 Å². The molecule has 0 aliphatic rings. The maximum Gasteiger partial charge on any atom is 0.573 e. The van der Waals surface area contributed by atoms with Crippen molar-refractivity contribution < 1.29 is 32.5 Å². The number of nitrogens with zero attached hydrogens (tertiary/aromatic N) is 1. The van der Waals surface area contributed by atoms with E-state index in [0.29, 0.717) is 0 Å². The van der Waals surface area contributed by atoms with E-state index in [0.717, 1.165) is 6.07 Å². The van der Waals surface area contributed by atoms with Crippen LogP contribution in [0.5, 0.6) is 11.6 Å². The minimum atomic E-state index is -4.95. The average Bonchev–Trinajstić information content (AvgIpc) is 2.28. The molecule has 1 N–H and O–H groups in total. The van der Waals surface area contributed by atoms with Crippen LogP contribution in [0.1, 0.15) is 11.3 Å². The van der Waals surface area contributed by atoms with Gasteiger partial charge in [-0.1, -0.05) is 0 Å². The van der Waals surface area contributed by atoms with Gasteiger partial charge < -0.3 is 14.6 Å². The molecule has 0 aliphatic heterocycles. The molecule has 106 valence electrons. The summed E-state index contributed by atoms with van der Waals surface area (Å²) in [4.78, 5) is 14.3. The monoisotopic (exact) mass is 299 g/mol. The van der Waals surface area contributed by atoms with Gasteiger partial charge in [0.15, 0.2) is 5.75 Å². The summed E-state index contributed by atoms with van der Waals surface area (Å²) in [5.41, 5.74) is -0.229. The SMILES string of the molecule is COc1nc(CC(=O)O)c(OC(F)(F)F)cc1CCl. The fourth-order valence-corrected chi connectivity index (χ4v) is 1.50. The lowest BCUT2D eigenvalue weighted by Crippen LogP contribution is -2.19. The van der Waals surface area contributed by atoms with E-state index in [4.69, 9.17) is 21.4 Å². The normalized spacial score (nSPS) is 11.2. The third kappa shape index (κ3) is 4.47. The van der Waals surface area contributed by atoms with Crippen molar-refractivity contribution in [3.63, 3.8) is 0 Å². The van der Waals surface area contributed by atoms with E-state index >= 15 is 0 Å². The Bertz CT molecular complexity index is 479. The summed E-state index contributed by atoms with van der Waals surface area (Å²) >= 11 is 5.54. The molecule has 0 saturated carbocycles. The molecule has 0 unspecified atom stereocenters. The maximum absolute atomic E-state index is 12.2. The number of hydrogen-bond acceptors (Lipinski definition) is 4. The number of aromatic nitrogens is 1. The van der Waals surface area contributed by atoms with Gasteiger partial charge in [-0.05, 0) is 6.07 Å². The molecule has 0 bridgehead atoms. The Morgan fingerprint density at radius 3 is 2.58 bits per heavy atom.